The van der Waals surface area contributed by atoms with Crippen LogP contribution in [0.2, 0.25) is 5.02 Å². The number of aromatic amines is 1. The number of nitriles is 1. The second-order valence-corrected chi connectivity index (χ2v) is 14.2. The second-order valence-electron chi connectivity index (χ2n) is 13.7. The third-order valence-electron chi connectivity index (χ3n) is 10.1. The zero-order valence-corrected chi connectivity index (χ0v) is 31.3. The minimum atomic E-state index is -0.402. The summed E-state index contributed by atoms with van der Waals surface area (Å²) in [6, 6.07) is 23.3. The Morgan fingerprint density at radius 3 is 2.67 bits per heavy atom. The Morgan fingerprint density at radius 2 is 1.93 bits per heavy atom. The summed E-state index contributed by atoms with van der Waals surface area (Å²) in [5, 5.41) is 20.2. The highest BCUT2D eigenvalue weighted by atomic mass is 35.5. The van der Waals surface area contributed by atoms with Crippen molar-refractivity contribution in [2.45, 2.75) is 71.2 Å². The first kappa shape index (κ1) is 37.0. The van der Waals surface area contributed by atoms with Gasteiger partial charge in [0.25, 0.3) is 5.91 Å². The van der Waals surface area contributed by atoms with E-state index in [-0.39, 0.29) is 29.7 Å². The fourth-order valence-electron chi connectivity index (χ4n) is 7.02. The van der Waals surface area contributed by atoms with Crippen molar-refractivity contribution in [1.82, 2.24) is 29.6 Å². The van der Waals surface area contributed by atoms with E-state index in [4.69, 9.17) is 31.0 Å². The van der Waals surface area contributed by atoms with Crippen LogP contribution in [0.5, 0.6) is 5.88 Å². The number of hydrogen-bond acceptors (Lipinski definition) is 8. The topological polar surface area (TPSA) is 134 Å². The lowest BCUT2D eigenvalue weighted by Gasteiger charge is -2.39. The predicted molar refractivity (Wildman–Crippen MR) is 206 cm³/mol. The van der Waals surface area contributed by atoms with E-state index in [0.29, 0.717) is 46.2 Å². The summed E-state index contributed by atoms with van der Waals surface area (Å²) in [4.78, 5) is 25.6. The zero-order valence-electron chi connectivity index (χ0n) is 30.5. The number of pyridine rings is 1. The monoisotopic (exact) mass is 748 g/mol. The maximum Gasteiger partial charge on any atom is 0.255 e. The Hall–Kier alpha value is -5.35. The Morgan fingerprint density at radius 1 is 1.11 bits per heavy atom. The maximum absolute atomic E-state index is 14.2. The molecule has 0 radical (unpaired) electrons. The number of H-pyrrole nitrogens is 1. The quantitative estimate of drug-likeness (QED) is 0.143. The molecule has 8 rings (SSSR count). The number of hydrogen-bond donors (Lipinski definition) is 2. The molecule has 0 saturated carbocycles. The zero-order chi connectivity index (χ0) is 37.8. The summed E-state index contributed by atoms with van der Waals surface area (Å²) >= 11 is 5.88. The molecule has 54 heavy (non-hydrogen) atoms. The van der Waals surface area contributed by atoms with Gasteiger partial charge in [0, 0.05) is 51.3 Å². The first-order valence-electron chi connectivity index (χ1n) is 18.3. The Bertz CT molecular complexity index is 2340. The van der Waals surface area contributed by atoms with E-state index in [2.05, 4.69) is 38.0 Å². The molecule has 2 N–H and O–H groups in total. The van der Waals surface area contributed by atoms with Crippen LogP contribution in [0, 0.1) is 17.1 Å². The van der Waals surface area contributed by atoms with Crippen LogP contribution in [0.25, 0.3) is 21.9 Å². The smallest absolute Gasteiger partial charge is 0.255 e. The lowest BCUT2D eigenvalue weighted by Crippen LogP contribution is -2.45. The van der Waals surface area contributed by atoms with Crippen molar-refractivity contribution in [2.75, 3.05) is 25.0 Å². The lowest BCUT2D eigenvalue weighted by atomic mass is 9.93. The van der Waals surface area contributed by atoms with Crippen LogP contribution in [0.15, 0.2) is 72.8 Å². The molecule has 2 fully saturated rings. The number of rotatable bonds is 10. The highest BCUT2D eigenvalue weighted by molar-refractivity contribution is 6.30. The first-order valence-corrected chi connectivity index (χ1v) is 18.7. The van der Waals surface area contributed by atoms with Gasteiger partial charge in [0.1, 0.15) is 24.3 Å². The van der Waals surface area contributed by atoms with Crippen molar-refractivity contribution in [3.05, 3.63) is 112 Å². The minimum Gasteiger partial charge on any atom is -0.473 e. The summed E-state index contributed by atoms with van der Waals surface area (Å²) in [5.74, 6) is 1.00. The van der Waals surface area contributed by atoms with E-state index in [1.165, 1.54) is 6.07 Å². The van der Waals surface area contributed by atoms with Crippen LogP contribution in [-0.4, -0.2) is 60.8 Å². The number of piperidine rings is 1. The summed E-state index contributed by atoms with van der Waals surface area (Å²) in [7, 11) is 0. The number of fused-ring (bicyclic) bond motifs is 2. The van der Waals surface area contributed by atoms with E-state index in [9.17, 15) is 14.4 Å². The van der Waals surface area contributed by atoms with Gasteiger partial charge in [-0.15, -0.1) is 0 Å². The molecule has 0 bridgehead atoms. The molecule has 11 nitrogen and oxygen atoms in total. The van der Waals surface area contributed by atoms with Gasteiger partial charge >= 0.3 is 0 Å². The molecule has 2 aliphatic heterocycles. The standard InChI is InChI=1S/C39H36ClFN8O3.C2H6/c1-39(13-16-52-39)23-49-35-10-6-25(38(50)43-28-8-9-32-29(19-28)34(20-42)47-46-32)17-33(35)44-36(49)21-48-14-11-24(12-15-48)31-3-2-4-37(45-31)51-22-26-5-7-27(40)18-30(26)41;1-2/h2-10,17-19,24H,11-16,21-23H2,1H3,(H,43,50)(H,46,47);1-2H3. The highest BCUT2D eigenvalue weighted by Crippen LogP contribution is 2.33. The van der Waals surface area contributed by atoms with Gasteiger partial charge in [-0.3, -0.25) is 14.8 Å². The summed E-state index contributed by atoms with van der Waals surface area (Å²) in [6.07, 6.45) is 2.82. The number of aromatic nitrogens is 5. The van der Waals surface area contributed by atoms with Crippen molar-refractivity contribution in [3.8, 4) is 11.9 Å². The molecular weight excluding hydrogens is 707 g/mol. The largest absolute Gasteiger partial charge is 0.473 e. The number of likely N-dealkylation sites (tertiary alicyclic amines) is 1. The van der Waals surface area contributed by atoms with Crippen LogP contribution in [0.3, 0.4) is 0 Å². The molecule has 0 spiro atoms. The molecular formula is C41H42ClFN8O3. The molecule has 2 aliphatic rings. The number of benzene rings is 3. The maximum atomic E-state index is 14.2. The molecule has 13 heteroatoms. The van der Waals surface area contributed by atoms with Gasteiger partial charge in [0.15, 0.2) is 5.69 Å². The van der Waals surface area contributed by atoms with Crippen molar-refractivity contribution in [2.24, 2.45) is 0 Å². The number of nitrogens with one attached hydrogen (secondary N) is 2. The fraction of sp³-hybridized carbons (Fsp3) is 0.341. The molecule has 6 aromatic rings. The predicted octanol–water partition coefficient (Wildman–Crippen LogP) is 8.39. The molecule has 5 heterocycles. The van der Waals surface area contributed by atoms with Crippen molar-refractivity contribution in [1.29, 1.82) is 5.26 Å². The normalized spacial score (nSPS) is 17.4. The molecule has 1 atom stereocenters. The van der Waals surface area contributed by atoms with Gasteiger partial charge in [-0.05, 0) is 87.5 Å². The van der Waals surface area contributed by atoms with Crippen molar-refractivity contribution >= 4 is 45.1 Å². The van der Waals surface area contributed by atoms with Crippen LogP contribution in [0.1, 0.15) is 79.1 Å². The molecule has 278 valence electrons. The number of amides is 1. The molecule has 0 aliphatic carbocycles. The Labute approximate surface area is 318 Å². The number of carbonyl (C=O) groups is 1. The molecule has 3 aromatic carbocycles. The number of carbonyl (C=O) groups excluding carboxylic acids is 1. The molecule has 2 saturated heterocycles. The third kappa shape index (κ3) is 7.94. The lowest BCUT2D eigenvalue weighted by molar-refractivity contribution is -0.142. The van der Waals surface area contributed by atoms with Gasteiger partial charge in [-0.1, -0.05) is 37.6 Å². The van der Waals surface area contributed by atoms with Gasteiger partial charge < -0.3 is 19.4 Å². The number of ether oxygens (including phenoxy) is 2. The Balaban J connectivity index is 0.00000221. The number of anilines is 1. The average molecular weight is 749 g/mol. The third-order valence-corrected chi connectivity index (χ3v) is 10.3. The van der Waals surface area contributed by atoms with Crippen LogP contribution < -0.4 is 10.1 Å². The highest BCUT2D eigenvalue weighted by Gasteiger charge is 2.35. The van der Waals surface area contributed by atoms with Crippen molar-refractivity contribution in [3.63, 3.8) is 0 Å². The fourth-order valence-corrected chi connectivity index (χ4v) is 7.18. The van der Waals surface area contributed by atoms with Crippen molar-refractivity contribution < 1.29 is 18.7 Å². The first-order chi connectivity index (χ1) is 26.2. The van der Waals surface area contributed by atoms with E-state index in [0.717, 1.165) is 67.0 Å². The van der Waals surface area contributed by atoms with Gasteiger partial charge in [0.05, 0.1) is 41.8 Å². The van der Waals surface area contributed by atoms with Gasteiger partial charge in [0.2, 0.25) is 5.88 Å². The van der Waals surface area contributed by atoms with E-state index in [1.807, 2.05) is 44.2 Å². The Kier molecular flexibility index (Phi) is 10.9. The molecule has 1 amide bonds. The van der Waals surface area contributed by atoms with Crippen LogP contribution >= 0.6 is 11.6 Å². The van der Waals surface area contributed by atoms with Gasteiger partial charge in [-0.2, -0.15) is 10.4 Å². The summed E-state index contributed by atoms with van der Waals surface area (Å²) < 4.78 is 28.3. The van der Waals surface area contributed by atoms with Crippen LogP contribution in [-0.2, 0) is 24.4 Å². The van der Waals surface area contributed by atoms with E-state index < -0.39 is 5.82 Å². The van der Waals surface area contributed by atoms with E-state index >= 15 is 0 Å². The molecule has 3 aromatic heterocycles. The second kappa shape index (κ2) is 15.9. The van der Waals surface area contributed by atoms with E-state index in [1.54, 1.807) is 36.4 Å². The number of nitrogens with zero attached hydrogens (tertiary/aromatic N) is 6. The minimum absolute atomic E-state index is 0.0710. The van der Waals surface area contributed by atoms with Crippen LogP contribution in [0.4, 0.5) is 10.1 Å². The number of halogens is 2. The summed E-state index contributed by atoms with van der Waals surface area (Å²) in [6.45, 7) is 10.0. The SMILES string of the molecule is CC.CC1(Cn2c(CN3CCC(c4cccc(OCc5ccc(Cl)cc5F)n4)CC3)nc3cc(C(=O)Nc4ccc5[nH]nc(C#N)c5c4)ccc32)CCO1. The van der Waals surface area contributed by atoms with Gasteiger partial charge in [-0.25, -0.2) is 14.4 Å². The molecule has 1 unspecified atom stereocenters. The number of imidazole rings is 1. The average Bonchev–Trinajstić information content (AvgIpc) is 3.74. The summed E-state index contributed by atoms with van der Waals surface area (Å²) in [5.41, 5.74) is 4.89.